The maximum atomic E-state index is 11.9. The summed E-state index contributed by atoms with van der Waals surface area (Å²) in [5.74, 6) is 1.95. The Balaban J connectivity index is 1.52. The van der Waals surface area contributed by atoms with Gasteiger partial charge in [0.15, 0.2) is 11.5 Å². The molecule has 3 rings (SSSR count). The van der Waals surface area contributed by atoms with Gasteiger partial charge in [0.25, 0.3) is 0 Å². The van der Waals surface area contributed by atoms with E-state index in [1.807, 2.05) is 73.8 Å². The van der Waals surface area contributed by atoms with Gasteiger partial charge >= 0.3 is 0 Å². The quantitative estimate of drug-likeness (QED) is 0.270. The minimum absolute atomic E-state index is 0.155. The molecule has 0 saturated carbocycles. The van der Waals surface area contributed by atoms with Gasteiger partial charge in [0.2, 0.25) is 5.91 Å². The van der Waals surface area contributed by atoms with Crippen LogP contribution in [0, 0.1) is 6.92 Å². The van der Waals surface area contributed by atoms with Gasteiger partial charge in [-0.1, -0.05) is 24.3 Å². The monoisotopic (exact) mass is 438 g/mol. The van der Waals surface area contributed by atoms with Crippen molar-refractivity contribution in [2.75, 3.05) is 19.8 Å². The highest BCUT2D eigenvalue weighted by molar-refractivity contribution is 7.10. The van der Waals surface area contributed by atoms with Crippen LogP contribution in [0.15, 0.2) is 65.1 Å². The van der Waals surface area contributed by atoms with E-state index in [1.165, 1.54) is 0 Å². The number of carbonyl (C=O) groups excluding carboxylic acids is 1. The number of amides is 1. The maximum Gasteiger partial charge on any atom is 0.245 e. The first-order valence-corrected chi connectivity index (χ1v) is 11.0. The minimum Gasteiger partial charge on any atom is -0.490 e. The number of nitrogens with one attached hydrogen (secondary N) is 1. The van der Waals surface area contributed by atoms with Gasteiger partial charge in [0.05, 0.1) is 19.2 Å². The molecule has 0 unspecified atom stereocenters. The van der Waals surface area contributed by atoms with Crippen LogP contribution in [-0.4, -0.2) is 31.9 Å². The third-order valence-electron chi connectivity index (χ3n) is 4.28. The molecular formula is C24H26N2O4S. The topological polar surface area (TPSA) is 69.2 Å². The molecule has 1 heterocycles. The number of benzene rings is 2. The minimum atomic E-state index is -0.155. The van der Waals surface area contributed by atoms with Gasteiger partial charge in [0, 0.05) is 4.88 Å². The SMILES string of the molecule is CCOc1cc(/C=N\NC(=O)Cc2cccs2)ccc1OCCOc1ccccc1C. The summed E-state index contributed by atoms with van der Waals surface area (Å²) in [7, 11) is 0. The fourth-order valence-corrected chi connectivity index (χ4v) is 3.51. The van der Waals surface area contributed by atoms with E-state index < -0.39 is 0 Å². The van der Waals surface area contributed by atoms with Gasteiger partial charge in [-0.15, -0.1) is 11.3 Å². The molecule has 1 aromatic heterocycles. The molecule has 31 heavy (non-hydrogen) atoms. The Hall–Kier alpha value is -3.32. The van der Waals surface area contributed by atoms with Gasteiger partial charge in [-0.25, -0.2) is 5.43 Å². The van der Waals surface area contributed by atoms with Crippen LogP contribution in [0.4, 0.5) is 0 Å². The Morgan fingerprint density at radius 3 is 2.55 bits per heavy atom. The average Bonchev–Trinajstić information content (AvgIpc) is 3.27. The average molecular weight is 439 g/mol. The molecule has 0 atom stereocenters. The third-order valence-corrected chi connectivity index (χ3v) is 5.15. The zero-order valence-electron chi connectivity index (χ0n) is 17.7. The number of para-hydroxylation sites is 1. The summed E-state index contributed by atoms with van der Waals surface area (Å²) in [5.41, 5.74) is 4.43. The first-order chi connectivity index (χ1) is 15.2. The van der Waals surface area contributed by atoms with Gasteiger partial charge < -0.3 is 14.2 Å². The summed E-state index contributed by atoms with van der Waals surface area (Å²) >= 11 is 1.55. The molecule has 7 heteroatoms. The molecule has 0 aliphatic rings. The van der Waals surface area contributed by atoms with Crippen molar-refractivity contribution in [2.45, 2.75) is 20.3 Å². The lowest BCUT2D eigenvalue weighted by Crippen LogP contribution is -2.19. The Labute approximate surface area is 186 Å². The molecule has 1 N–H and O–H groups in total. The number of hydrogen-bond donors (Lipinski definition) is 1. The second kappa shape index (κ2) is 11.8. The van der Waals surface area contributed by atoms with Crippen molar-refractivity contribution in [3.05, 3.63) is 76.0 Å². The van der Waals surface area contributed by atoms with Crippen molar-refractivity contribution in [1.29, 1.82) is 0 Å². The molecular weight excluding hydrogens is 412 g/mol. The smallest absolute Gasteiger partial charge is 0.245 e. The first-order valence-electron chi connectivity index (χ1n) is 10.1. The number of rotatable bonds is 11. The molecule has 0 fully saturated rings. The maximum absolute atomic E-state index is 11.9. The van der Waals surface area contributed by atoms with Crippen LogP contribution in [0.3, 0.4) is 0 Å². The molecule has 6 nitrogen and oxygen atoms in total. The van der Waals surface area contributed by atoms with Crippen molar-refractivity contribution >= 4 is 23.5 Å². The summed E-state index contributed by atoms with van der Waals surface area (Å²) < 4.78 is 17.3. The van der Waals surface area contributed by atoms with Crippen LogP contribution < -0.4 is 19.6 Å². The van der Waals surface area contributed by atoms with Crippen LogP contribution in [-0.2, 0) is 11.2 Å². The zero-order chi connectivity index (χ0) is 21.9. The van der Waals surface area contributed by atoms with Gasteiger partial charge in [-0.3, -0.25) is 4.79 Å². The van der Waals surface area contributed by atoms with Crippen molar-refractivity contribution in [2.24, 2.45) is 5.10 Å². The van der Waals surface area contributed by atoms with Crippen molar-refractivity contribution in [3.8, 4) is 17.2 Å². The molecule has 0 saturated heterocycles. The fourth-order valence-electron chi connectivity index (χ4n) is 2.80. The Morgan fingerprint density at radius 1 is 1.00 bits per heavy atom. The summed E-state index contributed by atoms with van der Waals surface area (Å²) in [5, 5.41) is 5.98. The van der Waals surface area contributed by atoms with E-state index in [1.54, 1.807) is 17.6 Å². The van der Waals surface area contributed by atoms with Crippen LogP contribution in [0.1, 0.15) is 22.9 Å². The summed E-state index contributed by atoms with van der Waals surface area (Å²) in [6.45, 7) is 5.25. The van der Waals surface area contributed by atoms with Crippen molar-refractivity contribution < 1.29 is 19.0 Å². The zero-order valence-corrected chi connectivity index (χ0v) is 18.5. The summed E-state index contributed by atoms with van der Waals surface area (Å²) in [4.78, 5) is 12.9. The van der Waals surface area contributed by atoms with E-state index in [2.05, 4.69) is 10.5 Å². The second-order valence-corrected chi connectivity index (χ2v) is 7.68. The molecule has 0 radical (unpaired) electrons. The normalized spacial score (nSPS) is 10.8. The van der Waals surface area contributed by atoms with Crippen LogP contribution in [0.2, 0.25) is 0 Å². The van der Waals surface area contributed by atoms with E-state index in [0.29, 0.717) is 37.7 Å². The Kier molecular flexibility index (Phi) is 8.48. The number of hydrazone groups is 1. The van der Waals surface area contributed by atoms with Crippen molar-refractivity contribution in [3.63, 3.8) is 0 Å². The Bertz CT molecular complexity index is 1000. The number of aryl methyl sites for hydroxylation is 1. The molecule has 2 aromatic carbocycles. The largest absolute Gasteiger partial charge is 0.490 e. The number of carbonyl (C=O) groups is 1. The molecule has 1 amide bonds. The van der Waals surface area contributed by atoms with E-state index in [0.717, 1.165) is 21.8 Å². The number of ether oxygens (including phenoxy) is 3. The first kappa shape index (κ1) is 22.4. The second-order valence-electron chi connectivity index (χ2n) is 6.65. The lowest BCUT2D eigenvalue weighted by atomic mass is 10.2. The van der Waals surface area contributed by atoms with Gasteiger partial charge in [-0.05, 0) is 60.7 Å². The number of nitrogens with zero attached hydrogens (tertiary/aromatic N) is 1. The lowest BCUT2D eigenvalue weighted by molar-refractivity contribution is -0.120. The number of thiophene rings is 1. The van der Waals surface area contributed by atoms with Crippen molar-refractivity contribution in [1.82, 2.24) is 5.43 Å². The predicted molar refractivity (Wildman–Crippen MR) is 124 cm³/mol. The van der Waals surface area contributed by atoms with E-state index in [4.69, 9.17) is 14.2 Å². The molecule has 162 valence electrons. The highest BCUT2D eigenvalue weighted by atomic mass is 32.1. The standard InChI is InChI=1S/C24H26N2O4S/c1-3-28-23-15-19(17-25-26-24(27)16-20-8-6-14-31-20)10-11-22(23)30-13-12-29-21-9-5-4-7-18(21)2/h4-11,14-15,17H,3,12-13,16H2,1-2H3,(H,26,27)/b25-17-. The molecule has 0 aliphatic carbocycles. The molecule has 0 spiro atoms. The van der Waals surface area contributed by atoms with Gasteiger partial charge in [-0.2, -0.15) is 5.10 Å². The van der Waals surface area contributed by atoms with Gasteiger partial charge in [0.1, 0.15) is 19.0 Å². The molecule has 0 aliphatic heterocycles. The number of hydrogen-bond acceptors (Lipinski definition) is 6. The summed E-state index contributed by atoms with van der Waals surface area (Å²) in [6.07, 6.45) is 1.90. The highest BCUT2D eigenvalue weighted by Crippen LogP contribution is 2.28. The van der Waals surface area contributed by atoms with Crippen LogP contribution >= 0.6 is 11.3 Å². The third kappa shape index (κ3) is 7.15. The highest BCUT2D eigenvalue weighted by Gasteiger charge is 2.07. The van der Waals surface area contributed by atoms with Crippen LogP contribution in [0.25, 0.3) is 0 Å². The van der Waals surface area contributed by atoms with Crippen LogP contribution in [0.5, 0.6) is 17.2 Å². The lowest BCUT2D eigenvalue weighted by Gasteiger charge is -2.13. The van der Waals surface area contributed by atoms with E-state index in [-0.39, 0.29) is 5.91 Å². The fraction of sp³-hybridized carbons (Fsp3) is 0.250. The molecule has 3 aromatic rings. The summed E-state index contributed by atoms with van der Waals surface area (Å²) in [6, 6.07) is 17.2. The molecule has 0 bridgehead atoms. The van der Waals surface area contributed by atoms with E-state index >= 15 is 0 Å². The predicted octanol–water partition coefficient (Wildman–Crippen LogP) is 4.61. The Morgan fingerprint density at radius 2 is 1.81 bits per heavy atom. The van der Waals surface area contributed by atoms with E-state index in [9.17, 15) is 4.79 Å².